The highest BCUT2D eigenvalue weighted by molar-refractivity contribution is 5.91. The lowest BCUT2D eigenvalue weighted by atomic mass is 10.0. The summed E-state index contributed by atoms with van der Waals surface area (Å²) in [5.74, 6) is 2.01. The molecular weight excluding hydrogens is 424 g/mol. The number of hydrogen-bond acceptors (Lipinski definition) is 5. The Morgan fingerprint density at radius 3 is 2.41 bits per heavy atom. The van der Waals surface area contributed by atoms with Crippen LogP contribution in [0.1, 0.15) is 32.9 Å². The zero-order valence-electron chi connectivity index (χ0n) is 19.6. The molecule has 3 heterocycles. The van der Waals surface area contributed by atoms with E-state index in [-0.39, 0.29) is 5.91 Å². The Labute approximate surface area is 199 Å². The van der Waals surface area contributed by atoms with Crippen LogP contribution >= 0.6 is 0 Å². The Kier molecular flexibility index (Phi) is 6.12. The smallest absolute Gasteiger partial charge is 0.289 e. The van der Waals surface area contributed by atoms with Crippen LogP contribution in [0.2, 0.25) is 0 Å². The van der Waals surface area contributed by atoms with Crippen molar-refractivity contribution in [1.82, 2.24) is 14.9 Å². The first-order valence-electron chi connectivity index (χ1n) is 11.6. The largest absolute Gasteiger partial charge is 0.459 e. The molecule has 0 N–H and O–H groups in total. The summed E-state index contributed by atoms with van der Waals surface area (Å²) in [4.78, 5) is 26.8. The van der Waals surface area contributed by atoms with Crippen LogP contribution in [0.25, 0.3) is 11.4 Å². The topological polar surface area (TPSA) is 62.5 Å². The monoisotopic (exact) mass is 452 g/mol. The van der Waals surface area contributed by atoms with Gasteiger partial charge in [0.1, 0.15) is 5.82 Å². The van der Waals surface area contributed by atoms with Gasteiger partial charge in [0.15, 0.2) is 11.6 Å². The predicted molar refractivity (Wildman–Crippen MR) is 133 cm³/mol. The lowest BCUT2D eigenvalue weighted by Crippen LogP contribution is -2.49. The summed E-state index contributed by atoms with van der Waals surface area (Å²) in [7, 11) is 0. The van der Waals surface area contributed by atoms with Crippen molar-refractivity contribution in [3.05, 3.63) is 101 Å². The van der Waals surface area contributed by atoms with Crippen LogP contribution in [0.3, 0.4) is 0 Å². The minimum absolute atomic E-state index is 0.0616. The van der Waals surface area contributed by atoms with Crippen LogP contribution in [0, 0.1) is 13.8 Å². The van der Waals surface area contributed by atoms with Gasteiger partial charge in [-0.05, 0) is 31.5 Å². The quantitative estimate of drug-likeness (QED) is 0.431. The SMILES string of the molecule is Cc1cccc(Cc2c(C)nc(-c3ccccc3)nc2N2CCN(C(=O)c3ccco3)CC2)c1. The van der Waals surface area contributed by atoms with Gasteiger partial charge in [-0.15, -0.1) is 0 Å². The number of benzene rings is 2. The highest BCUT2D eigenvalue weighted by Gasteiger charge is 2.27. The number of nitrogens with zero attached hydrogens (tertiary/aromatic N) is 4. The maximum atomic E-state index is 12.7. The van der Waals surface area contributed by atoms with Gasteiger partial charge >= 0.3 is 0 Å². The number of aryl methyl sites for hydroxylation is 2. The molecule has 0 aliphatic carbocycles. The molecule has 0 unspecified atom stereocenters. The molecule has 34 heavy (non-hydrogen) atoms. The molecular formula is C28H28N4O2. The molecule has 1 amide bonds. The molecule has 2 aromatic carbocycles. The number of anilines is 1. The van der Waals surface area contributed by atoms with E-state index in [1.54, 1.807) is 12.1 Å². The third-order valence-corrected chi connectivity index (χ3v) is 6.29. The van der Waals surface area contributed by atoms with Gasteiger partial charge < -0.3 is 14.2 Å². The standard InChI is InChI=1S/C28H28N4O2/c1-20-8-6-9-22(18-20)19-24-21(2)29-26(23-10-4-3-5-11-23)30-27(24)31-13-15-32(16-14-31)28(33)25-12-7-17-34-25/h3-12,17-18H,13-16,19H2,1-2H3. The molecule has 1 saturated heterocycles. The molecule has 2 aromatic heterocycles. The van der Waals surface area contributed by atoms with Gasteiger partial charge in [0.2, 0.25) is 0 Å². The Hall–Kier alpha value is -3.93. The third-order valence-electron chi connectivity index (χ3n) is 6.29. The second kappa shape index (κ2) is 9.51. The average Bonchev–Trinajstić information content (AvgIpc) is 3.40. The summed E-state index contributed by atoms with van der Waals surface area (Å²) in [5.41, 5.74) is 5.60. The van der Waals surface area contributed by atoms with E-state index in [2.05, 4.69) is 43.0 Å². The van der Waals surface area contributed by atoms with Gasteiger partial charge in [0, 0.05) is 49.4 Å². The van der Waals surface area contributed by atoms with Gasteiger partial charge in [0.05, 0.1) is 6.26 Å². The van der Waals surface area contributed by atoms with Crippen LogP contribution < -0.4 is 4.90 Å². The lowest BCUT2D eigenvalue weighted by Gasteiger charge is -2.36. The van der Waals surface area contributed by atoms with Gasteiger partial charge in [-0.3, -0.25) is 4.79 Å². The number of carbonyl (C=O) groups excluding carboxylic acids is 1. The highest BCUT2D eigenvalue weighted by Crippen LogP contribution is 2.28. The zero-order chi connectivity index (χ0) is 23.5. The summed E-state index contributed by atoms with van der Waals surface area (Å²) in [6, 6.07) is 22.1. The second-order valence-electron chi connectivity index (χ2n) is 8.72. The summed E-state index contributed by atoms with van der Waals surface area (Å²) in [6.07, 6.45) is 2.30. The van der Waals surface area contributed by atoms with Crippen LogP contribution in [0.5, 0.6) is 0 Å². The van der Waals surface area contributed by atoms with Gasteiger partial charge in [-0.2, -0.15) is 0 Å². The summed E-state index contributed by atoms with van der Waals surface area (Å²) >= 11 is 0. The molecule has 6 heteroatoms. The molecule has 172 valence electrons. The van der Waals surface area contributed by atoms with Crippen molar-refractivity contribution in [3.8, 4) is 11.4 Å². The summed E-state index contributed by atoms with van der Waals surface area (Å²) in [6.45, 7) is 6.83. The average molecular weight is 453 g/mol. The number of rotatable bonds is 5. The molecule has 1 aliphatic rings. The molecule has 0 bridgehead atoms. The lowest BCUT2D eigenvalue weighted by molar-refractivity contribution is 0.0714. The first-order valence-corrected chi connectivity index (χ1v) is 11.6. The Morgan fingerprint density at radius 2 is 1.71 bits per heavy atom. The normalized spacial score (nSPS) is 13.8. The minimum Gasteiger partial charge on any atom is -0.459 e. The molecule has 5 rings (SSSR count). The Bertz CT molecular complexity index is 1280. The van der Waals surface area contributed by atoms with E-state index in [1.165, 1.54) is 17.4 Å². The van der Waals surface area contributed by atoms with E-state index >= 15 is 0 Å². The van der Waals surface area contributed by atoms with Crippen molar-refractivity contribution in [2.45, 2.75) is 20.3 Å². The van der Waals surface area contributed by atoms with E-state index < -0.39 is 0 Å². The first kappa shape index (κ1) is 21.9. The molecule has 6 nitrogen and oxygen atoms in total. The van der Waals surface area contributed by atoms with E-state index in [1.807, 2.05) is 35.2 Å². The van der Waals surface area contributed by atoms with Gasteiger partial charge in [-0.25, -0.2) is 9.97 Å². The molecule has 0 saturated carbocycles. The minimum atomic E-state index is -0.0616. The van der Waals surface area contributed by atoms with Crippen molar-refractivity contribution in [2.75, 3.05) is 31.1 Å². The van der Waals surface area contributed by atoms with Crippen molar-refractivity contribution in [3.63, 3.8) is 0 Å². The molecule has 4 aromatic rings. The highest BCUT2D eigenvalue weighted by atomic mass is 16.3. The van der Waals surface area contributed by atoms with Crippen molar-refractivity contribution in [1.29, 1.82) is 0 Å². The van der Waals surface area contributed by atoms with E-state index in [4.69, 9.17) is 14.4 Å². The van der Waals surface area contributed by atoms with Crippen LogP contribution in [0.4, 0.5) is 5.82 Å². The van der Waals surface area contributed by atoms with E-state index in [9.17, 15) is 4.79 Å². The van der Waals surface area contributed by atoms with Crippen LogP contribution in [-0.4, -0.2) is 47.0 Å². The van der Waals surface area contributed by atoms with Crippen LogP contribution in [0.15, 0.2) is 77.4 Å². The molecule has 0 radical (unpaired) electrons. The third kappa shape index (κ3) is 4.57. The number of hydrogen-bond donors (Lipinski definition) is 0. The Balaban J connectivity index is 1.46. The maximum Gasteiger partial charge on any atom is 0.289 e. The number of amides is 1. The van der Waals surface area contributed by atoms with E-state index in [0.717, 1.165) is 34.9 Å². The number of aromatic nitrogens is 2. The van der Waals surface area contributed by atoms with Gasteiger partial charge in [-0.1, -0.05) is 60.2 Å². The van der Waals surface area contributed by atoms with Crippen molar-refractivity contribution in [2.24, 2.45) is 0 Å². The summed E-state index contributed by atoms with van der Waals surface area (Å²) < 4.78 is 5.31. The number of carbonyl (C=O) groups is 1. The molecule has 0 atom stereocenters. The first-order chi connectivity index (χ1) is 16.6. The number of furan rings is 1. The Morgan fingerprint density at radius 1 is 0.912 bits per heavy atom. The fraction of sp³-hybridized carbons (Fsp3) is 0.250. The zero-order valence-corrected chi connectivity index (χ0v) is 19.6. The van der Waals surface area contributed by atoms with Crippen LogP contribution in [-0.2, 0) is 6.42 Å². The molecule has 0 spiro atoms. The maximum absolute atomic E-state index is 12.7. The molecule has 1 fully saturated rings. The van der Waals surface area contributed by atoms with E-state index in [0.29, 0.717) is 31.9 Å². The second-order valence-corrected chi connectivity index (χ2v) is 8.72. The fourth-order valence-corrected chi connectivity index (χ4v) is 4.47. The predicted octanol–water partition coefficient (Wildman–Crippen LogP) is 4.91. The summed E-state index contributed by atoms with van der Waals surface area (Å²) in [5, 5.41) is 0. The fourth-order valence-electron chi connectivity index (χ4n) is 4.47. The van der Waals surface area contributed by atoms with Gasteiger partial charge in [0.25, 0.3) is 5.91 Å². The van der Waals surface area contributed by atoms with Crippen molar-refractivity contribution < 1.29 is 9.21 Å². The molecule has 1 aliphatic heterocycles. The number of piperazine rings is 1. The van der Waals surface area contributed by atoms with Crippen molar-refractivity contribution >= 4 is 11.7 Å².